The number of ether oxygens (including phenoxy) is 2. The highest BCUT2D eigenvalue weighted by Gasteiger charge is 2.47. The average Bonchev–Trinajstić information content (AvgIpc) is 4.09. The number of rotatable bonds is 11. The minimum Gasteiger partial charge on any atom is -0.453 e. The number of nitrogens with one attached hydrogen (secondary N) is 2. The van der Waals surface area contributed by atoms with E-state index in [1.165, 1.54) is 73.3 Å². The Balaban J connectivity index is 0.994. The van der Waals surface area contributed by atoms with Gasteiger partial charge in [-0.05, 0) is 118 Å². The van der Waals surface area contributed by atoms with Crippen LogP contribution in [0.3, 0.4) is 0 Å². The number of allylic oxidation sites excluding steroid dienone is 2. The average molecular weight is 873 g/mol. The van der Waals surface area contributed by atoms with E-state index >= 15 is 0 Å². The molecule has 2 saturated heterocycles. The van der Waals surface area contributed by atoms with Crippen LogP contribution in [0.4, 0.5) is 9.59 Å². The predicted molar refractivity (Wildman–Crippen MR) is 252 cm³/mol. The number of benzene rings is 2. The zero-order chi connectivity index (χ0) is 45.8. The maximum atomic E-state index is 14.1. The lowest BCUT2D eigenvalue weighted by atomic mass is 9.63. The highest BCUT2D eigenvalue weighted by atomic mass is 16.5. The lowest BCUT2D eigenvalue weighted by Gasteiger charge is -2.41. The minimum absolute atomic E-state index is 0.0861. The van der Waals surface area contributed by atoms with Crippen molar-refractivity contribution in [3.05, 3.63) is 71.1 Å². The van der Waals surface area contributed by atoms with Crippen LogP contribution >= 0.6 is 0 Å². The third-order valence-electron chi connectivity index (χ3n) is 14.8. The van der Waals surface area contributed by atoms with E-state index in [0.717, 1.165) is 35.4 Å². The van der Waals surface area contributed by atoms with Crippen LogP contribution in [0, 0.1) is 22.7 Å². The number of fused-ring (bicyclic) bond motifs is 2. The number of carbonyl (C=O) groups is 4. The lowest BCUT2D eigenvalue weighted by Crippen LogP contribution is -2.53. The number of alkyl carbamates (subject to hydrolysis) is 2. The van der Waals surface area contributed by atoms with Crippen LogP contribution in [0.25, 0.3) is 22.3 Å². The summed E-state index contributed by atoms with van der Waals surface area (Å²) in [7, 11) is 2.64. The second-order valence-electron chi connectivity index (χ2n) is 21.4. The largest absolute Gasteiger partial charge is 0.453 e. The van der Waals surface area contributed by atoms with Crippen LogP contribution in [-0.4, -0.2) is 96.7 Å². The maximum Gasteiger partial charge on any atom is 0.407 e. The fourth-order valence-electron chi connectivity index (χ4n) is 11.6. The molecule has 1 saturated carbocycles. The fourth-order valence-corrected chi connectivity index (χ4v) is 11.6. The predicted octanol–water partition coefficient (Wildman–Crippen LogP) is 9.50. The molecule has 0 spiro atoms. The SMILES string of the molecule is COC(=O)N[C@H](C(=O)N1CC(C)(C)C[C@H]1C1=NC=C(c2ccc(-c3ccc(C4=CN=C([C@@H]5CC(C)(C)CN5C(=O)[C@@H](NC(=O)OC)C(C)C)C4)c4c3C3CCC4CC3)cc2)C1)C(C)C. The molecule has 0 unspecified atom stereocenters. The first kappa shape index (κ1) is 45.3. The van der Waals surface area contributed by atoms with Crippen molar-refractivity contribution in [3.8, 4) is 11.1 Å². The molecular formula is C52H68N6O6. The molecule has 3 aliphatic carbocycles. The Labute approximate surface area is 379 Å². The van der Waals surface area contributed by atoms with Crippen LogP contribution in [0.1, 0.15) is 141 Å². The molecule has 7 aliphatic rings. The van der Waals surface area contributed by atoms with Crippen LogP contribution in [0.5, 0.6) is 0 Å². The van der Waals surface area contributed by atoms with Gasteiger partial charge in [0.25, 0.3) is 0 Å². The molecule has 4 heterocycles. The van der Waals surface area contributed by atoms with Crippen LogP contribution < -0.4 is 10.6 Å². The fraction of sp³-hybridized carbons (Fsp3) is 0.577. The molecule has 2 aromatic rings. The molecule has 3 fully saturated rings. The van der Waals surface area contributed by atoms with Gasteiger partial charge in [-0.3, -0.25) is 19.6 Å². The van der Waals surface area contributed by atoms with E-state index in [-0.39, 0.29) is 46.6 Å². The summed E-state index contributed by atoms with van der Waals surface area (Å²) >= 11 is 0. The number of nitrogens with zero attached hydrogens (tertiary/aromatic N) is 4. The standard InChI is InChI=1S/C52H68N6O6/c1-29(2)45(55-49(61)63-9)47(59)57-27-51(5,6)23-41(57)39-21-35(25-53-39)31-11-13-32(14-12-31)37-19-20-38(44-34-17-15-33(16-18-34)43(37)44)36-22-40(54-26-36)42-24-52(7,8)28-58(42)48(60)46(30(3)4)56-50(62)64-10/h11-14,19-20,25-26,29-30,33-34,41-42,45-46H,15-18,21-24,27-28H2,1-10H3,(H,55,61)(H,56,62)/t33?,34?,41-,42-,45-,46-/m0/s1. The van der Waals surface area contributed by atoms with Gasteiger partial charge in [-0.1, -0.05) is 91.8 Å². The maximum absolute atomic E-state index is 14.1. The normalized spacial score (nSPS) is 25.1. The van der Waals surface area contributed by atoms with E-state index in [9.17, 15) is 19.2 Å². The monoisotopic (exact) mass is 873 g/mol. The number of carbonyl (C=O) groups excluding carboxylic acids is 4. The van der Waals surface area contributed by atoms with E-state index in [4.69, 9.17) is 19.5 Å². The number of hydrogen-bond donors (Lipinski definition) is 2. The second kappa shape index (κ2) is 17.6. The smallest absolute Gasteiger partial charge is 0.407 e. The summed E-state index contributed by atoms with van der Waals surface area (Å²) in [5.74, 6) is 0.642. The van der Waals surface area contributed by atoms with Crippen molar-refractivity contribution in [2.75, 3.05) is 27.3 Å². The van der Waals surface area contributed by atoms with Gasteiger partial charge in [0.15, 0.2) is 0 Å². The molecule has 2 bridgehead atoms. The zero-order valence-electron chi connectivity index (χ0n) is 39.5. The Bertz CT molecular complexity index is 2310. The van der Waals surface area contributed by atoms with E-state index in [1.807, 2.05) is 43.7 Å². The van der Waals surface area contributed by atoms with Gasteiger partial charge in [0.2, 0.25) is 11.8 Å². The molecule has 2 N–H and O–H groups in total. The summed E-state index contributed by atoms with van der Waals surface area (Å²) in [6.45, 7) is 17.7. The molecule has 12 nitrogen and oxygen atoms in total. The second-order valence-corrected chi connectivity index (χ2v) is 21.4. The van der Waals surface area contributed by atoms with Gasteiger partial charge in [0.05, 0.1) is 26.3 Å². The first-order chi connectivity index (χ1) is 30.4. The first-order valence-electron chi connectivity index (χ1n) is 23.5. The van der Waals surface area contributed by atoms with Crippen LogP contribution in [0.15, 0.2) is 58.8 Å². The molecule has 0 radical (unpaired) electrons. The molecule has 342 valence electrons. The van der Waals surface area contributed by atoms with Gasteiger partial charge in [0.1, 0.15) is 12.1 Å². The molecule has 9 rings (SSSR count). The third-order valence-corrected chi connectivity index (χ3v) is 14.8. The van der Waals surface area contributed by atoms with Crippen molar-refractivity contribution < 1.29 is 28.7 Å². The topological polar surface area (TPSA) is 142 Å². The molecule has 0 aromatic heterocycles. The summed E-state index contributed by atoms with van der Waals surface area (Å²) in [6, 6.07) is 12.0. The van der Waals surface area contributed by atoms with Crippen molar-refractivity contribution in [1.29, 1.82) is 0 Å². The Kier molecular flexibility index (Phi) is 12.5. The van der Waals surface area contributed by atoms with E-state index in [1.54, 1.807) is 0 Å². The molecule has 2 aromatic carbocycles. The Morgan fingerprint density at radius 2 is 1.02 bits per heavy atom. The highest BCUT2D eigenvalue weighted by Crippen LogP contribution is 2.55. The van der Waals surface area contributed by atoms with Gasteiger partial charge in [-0.25, -0.2) is 9.59 Å². The van der Waals surface area contributed by atoms with Gasteiger partial charge in [-0.2, -0.15) is 0 Å². The summed E-state index contributed by atoms with van der Waals surface area (Å²) in [5, 5.41) is 5.57. The minimum atomic E-state index is -0.684. The number of likely N-dealkylation sites (tertiary alicyclic amines) is 2. The van der Waals surface area contributed by atoms with Crippen molar-refractivity contribution in [2.45, 2.75) is 143 Å². The van der Waals surface area contributed by atoms with Crippen LogP contribution in [0.2, 0.25) is 0 Å². The van der Waals surface area contributed by atoms with Gasteiger partial charge >= 0.3 is 12.2 Å². The quantitative estimate of drug-likeness (QED) is 0.231. The van der Waals surface area contributed by atoms with Gasteiger partial charge in [0, 0.05) is 49.8 Å². The van der Waals surface area contributed by atoms with E-state index in [2.05, 4.69) is 80.9 Å². The van der Waals surface area contributed by atoms with Crippen molar-refractivity contribution in [2.24, 2.45) is 32.7 Å². The van der Waals surface area contributed by atoms with E-state index in [0.29, 0.717) is 37.8 Å². The molecular weight excluding hydrogens is 805 g/mol. The van der Waals surface area contributed by atoms with Crippen molar-refractivity contribution in [1.82, 2.24) is 20.4 Å². The summed E-state index contributed by atoms with van der Waals surface area (Å²) in [5.41, 5.74) is 12.1. The summed E-state index contributed by atoms with van der Waals surface area (Å²) in [6.07, 6.45) is 10.6. The Hall–Kier alpha value is -5.26. The first-order valence-corrected chi connectivity index (χ1v) is 23.5. The van der Waals surface area contributed by atoms with Crippen LogP contribution in [-0.2, 0) is 19.1 Å². The number of methoxy groups -OCH3 is 2. The summed E-state index contributed by atoms with van der Waals surface area (Å²) in [4.78, 5) is 66.5. The number of aliphatic imine (C=N–C) groups is 2. The van der Waals surface area contributed by atoms with Gasteiger partial charge in [-0.15, -0.1) is 0 Å². The van der Waals surface area contributed by atoms with Crippen molar-refractivity contribution >= 4 is 46.6 Å². The molecule has 4 aliphatic heterocycles. The lowest BCUT2D eigenvalue weighted by molar-refractivity contribution is -0.135. The molecule has 4 atom stereocenters. The Morgan fingerprint density at radius 3 is 1.47 bits per heavy atom. The van der Waals surface area contributed by atoms with E-state index < -0.39 is 24.3 Å². The Morgan fingerprint density at radius 1 is 0.609 bits per heavy atom. The van der Waals surface area contributed by atoms with Crippen molar-refractivity contribution in [3.63, 3.8) is 0 Å². The zero-order valence-corrected chi connectivity index (χ0v) is 39.5. The number of amides is 4. The molecule has 4 amide bonds. The highest BCUT2D eigenvalue weighted by molar-refractivity contribution is 6.05. The van der Waals surface area contributed by atoms with Gasteiger partial charge < -0.3 is 29.9 Å². The summed E-state index contributed by atoms with van der Waals surface area (Å²) < 4.78 is 9.73. The third kappa shape index (κ3) is 8.77. The molecule has 12 heteroatoms. The molecule has 64 heavy (non-hydrogen) atoms. The number of hydrogen-bond acceptors (Lipinski definition) is 8.